The fourth-order valence-corrected chi connectivity index (χ4v) is 4.15. The van der Waals surface area contributed by atoms with E-state index in [0.717, 1.165) is 18.4 Å². The van der Waals surface area contributed by atoms with Gasteiger partial charge in [0, 0.05) is 63.7 Å². The van der Waals surface area contributed by atoms with Crippen LogP contribution in [0.15, 0.2) is 36.5 Å². The topological polar surface area (TPSA) is 82.6 Å². The zero-order valence-electron chi connectivity index (χ0n) is 20.1. The monoisotopic (exact) mass is 516 g/mol. The first-order valence-corrected chi connectivity index (χ1v) is 12.5. The maximum absolute atomic E-state index is 13.7. The largest absolute Gasteiger partial charge is 0.379 e. The fraction of sp³-hybridized carbons (Fsp3) is 0.400. The number of anilines is 2. The summed E-state index contributed by atoms with van der Waals surface area (Å²) in [7, 11) is 1.74. The number of benzene rings is 2. The van der Waals surface area contributed by atoms with E-state index >= 15 is 0 Å². The van der Waals surface area contributed by atoms with E-state index in [1.807, 2.05) is 0 Å². The number of aromatic nitrogens is 2. The molecule has 1 saturated heterocycles. The average molecular weight is 517 g/mol. The van der Waals surface area contributed by atoms with Gasteiger partial charge in [0.15, 0.2) is 0 Å². The van der Waals surface area contributed by atoms with Gasteiger partial charge in [-0.1, -0.05) is 0 Å². The normalized spacial score (nSPS) is 13.7. The molecule has 0 bridgehead atoms. The highest BCUT2D eigenvalue weighted by molar-refractivity contribution is 7.80. The van der Waals surface area contributed by atoms with Crippen molar-refractivity contribution in [3.63, 3.8) is 0 Å². The number of rotatable bonds is 10. The molecule has 0 radical (unpaired) electrons. The third-order valence-electron chi connectivity index (χ3n) is 5.88. The summed E-state index contributed by atoms with van der Waals surface area (Å²) in [4.78, 5) is 26.3. The summed E-state index contributed by atoms with van der Waals surface area (Å²) in [5, 5.41) is 6.43. The minimum Gasteiger partial charge on any atom is -0.379 e. The van der Waals surface area contributed by atoms with Crippen LogP contribution in [0.1, 0.15) is 15.9 Å². The summed E-state index contributed by atoms with van der Waals surface area (Å²) in [6.45, 7) is 4.71. The standard InChI is InChI=1S/C25H30F2N6O2S/c1-32(4-2-28-3-9-36)25(34)18-12-21(29-15-17-10-19(26)14-20(27)11-17)24-22(13-18)30-16-23(31-24)33-5-7-35-8-6-33/h10-14,16,28-29,36H,2-9,15H2,1H3. The maximum atomic E-state index is 13.7. The minimum atomic E-state index is -0.650. The number of amides is 1. The number of carbonyl (C=O) groups is 1. The second-order valence-electron chi connectivity index (χ2n) is 8.55. The number of ether oxygens (including phenoxy) is 1. The predicted octanol–water partition coefficient (Wildman–Crippen LogP) is 2.95. The van der Waals surface area contributed by atoms with Crippen LogP contribution in [0, 0.1) is 11.6 Å². The Morgan fingerprint density at radius 3 is 2.61 bits per heavy atom. The number of nitrogens with one attached hydrogen (secondary N) is 2. The van der Waals surface area contributed by atoms with Gasteiger partial charge in [-0.15, -0.1) is 0 Å². The Bertz CT molecular complexity index is 1190. The molecule has 1 fully saturated rings. The zero-order chi connectivity index (χ0) is 25.5. The number of nitrogens with zero attached hydrogens (tertiary/aromatic N) is 4. The molecule has 8 nitrogen and oxygen atoms in total. The number of fused-ring (bicyclic) bond motifs is 1. The average Bonchev–Trinajstić information content (AvgIpc) is 2.88. The molecule has 1 amide bonds. The molecule has 192 valence electrons. The van der Waals surface area contributed by atoms with Crippen LogP contribution in [0.4, 0.5) is 20.3 Å². The molecule has 0 spiro atoms. The molecule has 36 heavy (non-hydrogen) atoms. The van der Waals surface area contributed by atoms with Crippen LogP contribution in [0.2, 0.25) is 0 Å². The van der Waals surface area contributed by atoms with Gasteiger partial charge in [0.05, 0.1) is 30.6 Å². The Hall–Kier alpha value is -3.02. The Balaban J connectivity index is 1.64. The maximum Gasteiger partial charge on any atom is 0.253 e. The Labute approximate surface area is 214 Å². The van der Waals surface area contributed by atoms with Crippen molar-refractivity contribution in [3.05, 3.63) is 59.3 Å². The lowest BCUT2D eigenvalue weighted by atomic mass is 10.1. The van der Waals surface area contributed by atoms with Crippen molar-refractivity contribution in [2.24, 2.45) is 0 Å². The second-order valence-corrected chi connectivity index (χ2v) is 9.00. The van der Waals surface area contributed by atoms with E-state index in [4.69, 9.17) is 9.72 Å². The van der Waals surface area contributed by atoms with E-state index in [2.05, 4.69) is 33.1 Å². The lowest BCUT2D eigenvalue weighted by Gasteiger charge is -2.27. The predicted molar refractivity (Wildman–Crippen MR) is 140 cm³/mol. The van der Waals surface area contributed by atoms with Crippen LogP contribution < -0.4 is 15.5 Å². The van der Waals surface area contributed by atoms with Gasteiger partial charge in [0.2, 0.25) is 0 Å². The van der Waals surface area contributed by atoms with Gasteiger partial charge in [0.1, 0.15) is 23.0 Å². The Morgan fingerprint density at radius 1 is 1.14 bits per heavy atom. The fourth-order valence-electron chi connectivity index (χ4n) is 3.99. The van der Waals surface area contributed by atoms with E-state index < -0.39 is 11.6 Å². The lowest BCUT2D eigenvalue weighted by Crippen LogP contribution is -2.36. The smallest absolute Gasteiger partial charge is 0.253 e. The van der Waals surface area contributed by atoms with E-state index in [9.17, 15) is 13.6 Å². The van der Waals surface area contributed by atoms with E-state index in [-0.39, 0.29) is 12.5 Å². The molecular weight excluding hydrogens is 486 g/mol. The summed E-state index contributed by atoms with van der Waals surface area (Å²) >= 11 is 4.17. The van der Waals surface area contributed by atoms with Crippen molar-refractivity contribution in [3.8, 4) is 0 Å². The molecular formula is C25H30F2N6O2S. The molecule has 0 atom stereocenters. The molecule has 1 aliphatic heterocycles. The van der Waals surface area contributed by atoms with Crippen molar-refractivity contribution >= 4 is 41.1 Å². The third kappa shape index (κ3) is 6.59. The number of carbonyl (C=O) groups excluding carboxylic acids is 1. The number of likely N-dealkylation sites (N-methyl/N-ethyl adjacent to an activating group) is 1. The molecule has 2 aromatic carbocycles. The molecule has 3 aromatic rings. The Morgan fingerprint density at radius 2 is 1.89 bits per heavy atom. The van der Waals surface area contributed by atoms with Gasteiger partial charge in [0.25, 0.3) is 5.91 Å². The van der Waals surface area contributed by atoms with E-state index in [1.165, 1.54) is 12.1 Å². The van der Waals surface area contributed by atoms with Crippen LogP contribution in [0.3, 0.4) is 0 Å². The quantitative estimate of drug-likeness (QED) is 0.282. The Kier molecular flexibility index (Phi) is 8.89. The highest BCUT2D eigenvalue weighted by atomic mass is 32.1. The van der Waals surface area contributed by atoms with E-state index in [0.29, 0.717) is 73.1 Å². The van der Waals surface area contributed by atoms with Crippen molar-refractivity contribution in [1.29, 1.82) is 0 Å². The molecule has 11 heteroatoms. The number of thiol groups is 1. The number of hydrogen-bond acceptors (Lipinski definition) is 8. The van der Waals surface area contributed by atoms with Crippen LogP contribution >= 0.6 is 12.6 Å². The van der Waals surface area contributed by atoms with Gasteiger partial charge < -0.3 is 25.2 Å². The highest BCUT2D eigenvalue weighted by Gasteiger charge is 2.18. The molecule has 0 unspecified atom stereocenters. The first-order chi connectivity index (χ1) is 17.4. The molecule has 2 heterocycles. The van der Waals surface area contributed by atoms with Crippen LogP contribution in [-0.2, 0) is 11.3 Å². The number of morpholine rings is 1. The summed E-state index contributed by atoms with van der Waals surface area (Å²) in [6, 6.07) is 6.81. The third-order valence-corrected chi connectivity index (χ3v) is 6.11. The van der Waals surface area contributed by atoms with Crippen molar-refractivity contribution < 1.29 is 18.3 Å². The number of hydrogen-bond donors (Lipinski definition) is 3. The first kappa shape index (κ1) is 26.1. The molecule has 1 aliphatic rings. The van der Waals surface area contributed by atoms with Crippen LogP contribution in [-0.4, -0.2) is 79.5 Å². The highest BCUT2D eigenvalue weighted by Crippen LogP contribution is 2.27. The van der Waals surface area contributed by atoms with Gasteiger partial charge in [-0.25, -0.2) is 13.8 Å². The molecule has 0 aliphatic carbocycles. The van der Waals surface area contributed by atoms with Crippen LogP contribution in [0.25, 0.3) is 11.0 Å². The zero-order valence-corrected chi connectivity index (χ0v) is 21.0. The van der Waals surface area contributed by atoms with Crippen LogP contribution in [0.5, 0.6) is 0 Å². The molecule has 1 aromatic heterocycles. The van der Waals surface area contributed by atoms with Crippen molar-refractivity contribution in [2.45, 2.75) is 6.54 Å². The van der Waals surface area contributed by atoms with Crippen molar-refractivity contribution in [2.75, 3.05) is 69.0 Å². The first-order valence-electron chi connectivity index (χ1n) is 11.8. The molecule has 2 N–H and O–H groups in total. The van der Waals surface area contributed by atoms with Gasteiger partial charge in [-0.3, -0.25) is 9.78 Å². The summed E-state index contributed by atoms with van der Waals surface area (Å²) < 4.78 is 32.8. The summed E-state index contributed by atoms with van der Waals surface area (Å²) in [5.41, 5.74) is 2.56. The SMILES string of the molecule is CN(CCNCCS)C(=O)c1cc(NCc2cc(F)cc(F)c2)c2nc(N3CCOCC3)cnc2c1. The molecule has 4 rings (SSSR count). The summed E-state index contributed by atoms with van der Waals surface area (Å²) in [6.07, 6.45) is 1.69. The van der Waals surface area contributed by atoms with Gasteiger partial charge in [-0.05, 0) is 29.8 Å². The van der Waals surface area contributed by atoms with Gasteiger partial charge in [-0.2, -0.15) is 12.6 Å². The lowest BCUT2D eigenvalue weighted by molar-refractivity contribution is 0.0796. The van der Waals surface area contributed by atoms with Gasteiger partial charge >= 0.3 is 0 Å². The van der Waals surface area contributed by atoms with Crippen molar-refractivity contribution in [1.82, 2.24) is 20.2 Å². The summed E-state index contributed by atoms with van der Waals surface area (Å²) in [5.74, 6) is -0.0376. The molecule has 0 saturated carbocycles. The number of halogens is 2. The van der Waals surface area contributed by atoms with E-state index in [1.54, 1.807) is 30.3 Å². The second kappa shape index (κ2) is 12.3. The minimum absolute atomic E-state index is 0.147.